The van der Waals surface area contributed by atoms with Crippen molar-refractivity contribution in [2.45, 2.75) is 31.1 Å². The molecule has 1 aliphatic heterocycles. The number of hydrogen-bond acceptors (Lipinski definition) is 5. The molecule has 0 spiro atoms. The minimum atomic E-state index is -3.71. The van der Waals surface area contributed by atoms with Gasteiger partial charge in [0.05, 0.1) is 11.5 Å². The Bertz CT molecular complexity index is 610. The van der Waals surface area contributed by atoms with Gasteiger partial charge in [-0.1, -0.05) is 11.3 Å². The molecule has 0 bridgehead atoms. The summed E-state index contributed by atoms with van der Waals surface area (Å²) in [7, 11) is -3.71. The summed E-state index contributed by atoms with van der Waals surface area (Å²) >= 11 is 0. The Morgan fingerprint density at radius 1 is 1.17 bits per heavy atom. The lowest BCUT2D eigenvalue weighted by Crippen LogP contribution is -2.35. The third-order valence-corrected chi connectivity index (χ3v) is 4.84. The number of nitrogens with zero attached hydrogens (tertiary/aromatic N) is 1. The third-order valence-electron chi connectivity index (χ3n) is 3.61. The van der Waals surface area contributed by atoms with E-state index in [9.17, 15) is 13.2 Å². The van der Waals surface area contributed by atoms with Gasteiger partial charge in [0.2, 0.25) is 5.91 Å². The number of carbonyl (C=O) groups excluding carboxylic acids is 1. The first kappa shape index (κ1) is 17.9. The zero-order valence-electron chi connectivity index (χ0n) is 13.2. The van der Waals surface area contributed by atoms with E-state index < -0.39 is 10.0 Å². The first-order chi connectivity index (χ1) is 11.0. The number of rotatable bonds is 7. The van der Waals surface area contributed by atoms with Crippen LogP contribution in [0.25, 0.3) is 0 Å². The van der Waals surface area contributed by atoms with E-state index in [4.69, 9.17) is 4.84 Å². The Balaban J connectivity index is 1.80. The van der Waals surface area contributed by atoms with Crippen LogP contribution in [0.4, 0.5) is 5.69 Å². The highest BCUT2D eigenvalue weighted by atomic mass is 32.2. The van der Waals surface area contributed by atoms with Crippen molar-refractivity contribution in [3.8, 4) is 0 Å². The van der Waals surface area contributed by atoms with E-state index in [1.807, 2.05) is 0 Å². The second kappa shape index (κ2) is 8.39. The summed E-state index contributed by atoms with van der Waals surface area (Å²) in [6, 6.07) is 5.90. The minimum Gasteiger partial charge on any atom is -0.326 e. The second-order valence-electron chi connectivity index (χ2n) is 5.54. The molecule has 2 rings (SSSR count). The van der Waals surface area contributed by atoms with Gasteiger partial charge >= 0.3 is 0 Å². The number of benzene rings is 1. The number of hydrogen-bond donors (Lipinski definition) is 2. The highest BCUT2D eigenvalue weighted by molar-refractivity contribution is 7.89. The number of sulfonamides is 1. The van der Waals surface area contributed by atoms with Gasteiger partial charge in [0, 0.05) is 19.2 Å². The maximum absolute atomic E-state index is 12.1. The topological polar surface area (TPSA) is 87.7 Å². The molecule has 1 fully saturated rings. The van der Waals surface area contributed by atoms with E-state index >= 15 is 0 Å². The van der Waals surface area contributed by atoms with Crippen LogP contribution in [0.1, 0.15) is 26.2 Å². The van der Waals surface area contributed by atoms with Crippen LogP contribution in [0.3, 0.4) is 0 Å². The Kier molecular flexibility index (Phi) is 6.52. The minimum absolute atomic E-state index is 0.0876. The molecule has 23 heavy (non-hydrogen) atoms. The number of amides is 1. The van der Waals surface area contributed by atoms with Gasteiger partial charge in [0.15, 0.2) is 0 Å². The Morgan fingerprint density at radius 2 is 1.83 bits per heavy atom. The lowest BCUT2D eigenvalue weighted by Gasteiger charge is -2.25. The Hall–Kier alpha value is -1.48. The number of nitrogens with one attached hydrogen (secondary N) is 2. The van der Waals surface area contributed by atoms with E-state index in [1.165, 1.54) is 50.5 Å². The molecule has 0 unspecified atom stereocenters. The molecule has 1 aromatic carbocycles. The number of anilines is 1. The van der Waals surface area contributed by atoms with Crippen LogP contribution in [-0.4, -0.2) is 45.5 Å². The maximum atomic E-state index is 12.1. The molecule has 1 aromatic rings. The average molecular weight is 341 g/mol. The molecule has 1 saturated heterocycles. The van der Waals surface area contributed by atoms with Crippen molar-refractivity contribution >= 4 is 21.6 Å². The molecule has 1 heterocycles. The van der Waals surface area contributed by atoms with Crippen molar-refractivity contribution in [3.05, 3.63) is 24.3 Å². The summed E-state index contributed by atoms with van der Waals surface area (Å²) in [4.78, 5) is 20.5. The van der Waals surface area contributed by atoms with Crippen molar-refractivity contribution in [2.24, 2.45) is 0 Å². The normalized spacial score (nSPS) is 16.2. The highest BCUT2D eigenvalue weighted by Gasteiger charge is 2.15. The van der Waals surface area contributed by atoms with Crippen molar-refractivity contribution in [2.75, 3.05) is 31.6 Å². The molecule has 0 aromatic heterocycles. The van der Waals surface area contributed by atoms with Gasteiger partial charge < -0.3 is 10.2 Å². The summed E-state index contributed by atoms with van der Waals surface area (Å²) < 4.78 is 24.2. The summed E-state index contributed by atoms with van der Waals surface area (Å²) in [6.07, 6.45) is 3.64. The lowest BCUT2D eigenvalue weighted by atomic mass is 10.1. The van der Waals surface area contributed by atoms with E-state index in [1.54, 1.807) is 0 Å². The SMILES string of the molecule is CC(=O)Nc1ccc(S(=O)(=O)NOCCN2CCCCC2)cc1. The summed E-state index contributed by atoms with van der Waals surface area (Å²) in [5, 5.41) is 2.58. The van der Waals surface area contributed by atoms with Crippen LogP contribution < -0.4 is 10.2 Å². The van der Waals surface area contributed by atoms with Crippen LogP contribution in [0, 0.1) is 0 Å². The highest BCUT2D eigenvalue weighted by Crippen LogP contribution is 2.14. The first-order valence-corrected chi connectivity index (χ1v) is 9.19. The molecule has 0 atom stereocenters. The second-order valence-corrected chi connectivity index (χ2v) is 7.19. The van der Waals surface area contributed by atoms with Crippen molar-refractivity contribution in [1.29, 1.82) is 0 Å². The predicted molar refractivity (Wildman–Crippen MR) is 87.3 cm³/mol. The fourth-order valence-corrected chi connectivity index (χ4v) is 3.27. The van der Waals surface area contributed by atoms with Crippen molar-refractivity contribution < 1.29 is 18.0 Å². The largest absolute Gasteiger partial charge is 0.326 e. The molecule has 1 aliphatic rings. The quantitative estimate of drug-likeness (QED) is 0.577. The molecule has 0 saturated carbocycles. The zero-order chi connectivity index (χ0) is 16.7. The van der Waals surface area contributed by atoms with E-state index in [0.29, 0.717) is 18.8 Å². The number of carbonyl (C=O) groups is 1. The number of piperidine rings is 1. The van der Waals surface area contributed by atoms with Gasteiger partial charge in [0.25, 0.3) is 10.0 Å². The zero-order valence-corrected chi connectivity index (χ0v) is 14.1. The first-order valence-electron chi connectivity index (χ1n) is 7.71. The fraction of sp³-hybridized carbons (Fsp3) is 0.533. The average Bonchev–Trinajstić information content (AvgIpc) is 2.53. The summed E-state index contributed by atoms with van der Waals surface area (Å²) in [6.45, 7) is 4.50. The fourth-order valence-electron chi connectivity index (χ4n) is 2.45. The molecule has 0 radical (unpaired) electrons. The van der Waals surface area contributed by atoms with E-state index in [-0.39, 0.29) is 10.8 Å². The van der Waals surface area contributed by atoms with Crippen LogP contribution in [-0.2, 0) is 19.7 Å². The molecule has 1 amide bonds. The predicted octanol–water partition coefficient (Wildman–Crippen LogP) is 1.34. The van der Waals surface area contributed by atoms with Crippen LogP contribution >= 0.6 is 0 Å². The Morgan fingerprint density at radius 3 is 2.43 bits per heavy atom. The summed E-state index contributed by atoms with van der Waals surface area (Å²) in [5.74, 6) is -0.209. The maximum Gasteiger partial charge on any atom is 0.262 e. The molecule has 7 nitrogen and oxygen atoms in total. The molecule has 8 heteroatoms. The molecular formula is C15H23N3O4S. The number of likely N-dealkylation sites (tertiary alicyclic amines) is 1. The van der Waals surface area contributed by atoms with Gasteiger partial charge in [-0.25, -0.2) is 8.42 Å². The lowest BCUT2D eigenvalue weighted by molar-refractivity contribution is -0.114. The van der Waals surface area contributed by atoms with Crippen molar-refractivity contribution in [3.63, 3.8) is 0 Å². The third kappa shape index (κ3) is 5.91. The van der Waals surface area contributed by atoms with Gasteiger partial charge in [-0.15, -0.1) is 0 Å². The van der Waals surface area contributed by atoms with Crippen LogP contribution in [0.15, 0.2) is 29.2 Å². The monoisotopic (exact) mass is 341 g/mol. The van der Waals surface area contributed by atoms with Gasteiger partial charge in [-0.3, -0.25) is 9.63 Å². The smallest absolute Gasteiger partial charge is 0.262 e. The van der Waals surface area contributed by atoms with E-state index in [2.05, 4.69) is 15.1 Å². The summed E-state index contributed by atoms with van der Waals surface area (Å²) in [5.41, 5.74) is 0.544. The van der Waals surface area contributed by atoms with Gasteiger partial charge in [0.1, 0.15) is 0 Å². The van der Waals surface area contributed by atoms with Gasteiger partial charge in [-0.2, -0.15) is 0 Å². The van der Waals surface area contributed by atoms with Crippen LogP contribution in [0.2, 0.25) is 0 Å². The molecule has 0 aliphatic carbocycles. The Labute approximate surface area is 137 Å². The standard InChI is InChI=1S/C15H23N3O4S/c1-13(19)16-14-5-7-15(8-6-14)23(20,21)17-22-12-11-18-9-3-2-4-10-18/h5-8,17H,2-4,9-12H2,1H3,(H,16,19). The van der Waals surface area contributed by atoms with Crippen LogP contribution in [0.5, 0.6) is 0 Å². The molecule has 128 valence electrons. The van der Waals surface area contributed by atoms with Crippen molar-refractivity contribution in [1.82, 2.24) is 9.79 Å². The molecule has 2 N–H and O–H groups in total. The van der Waals surface area contributed by atoms with Gasteiger partial charge in [-0.05, 0) is 50.2 Å². The molecular weight excluding hydrogens is 318 g/mol. The van der Waals surface area contributed by atoms with E-state index in [0.717, 1.165) is 13.1 Å².